The highest BCUT2D eigenvalue weighted by atomic mass is 32.2. The van der Waals surface area contributed by atoms with Crippen molar-refractivity contribution < 1.29 is 4.79 Å². The largest absolute Gasteiger partial charge is 0.326 e. The van der Waals surface area contributed by atoms with Crippen LogP contribution in [0.4, 0.5) is 5.69 Å². The quantitative estimate of drug-likeness (QED) is 0.679. The van der Waals surface area contributed by atoms with Gasteiger partial charge in [-0.3, -0.25) is 9.36 Å². The van der Waals surface area contributed by atoms with Gasteiger partial charge < -0.3 is 5.32 Å². The fourth-order valence-electron chi connectivity index (χ4n) is 1.62. The van der Waals surface area contributed by atoms with Crippen LogP contribution in [0.5, 0.6) is 0 Å². The summed E-state index contributed by atoms with van der Waals surface area (Å²) in [5, 5.41) is 11.6. The summed E-state index contributed by atoms with van der Waals surface area (Å²) >= 11 is 1.58. The summed E-state index contributed by atoms with van der Waals surface area (Å²) in [5.41, 5.74) is 2.74. The van der Waals surface area contributed by atoms with Crippen LogP contribution in [-0.2, 0) is 4.79 Å². The smallest absolute Gasteiger partial charge is 0.221 e. The summed E-state index contributed by atoms with van der Waals surface area (Å²) in [6.07, 6.45) is 1.66. The molecule has 0 radical (unpaired) electrons. The van der Waals surface area contributed by atoms with E-state index in [-0.39, 0.29) is 5.91 Å². The molecule has 0 bridgehead atoms. The van der Waals surface area contributed by atoms with Gasteiger partial charge in [0.15, 0.2) is 5.16 Å². The van der Waals surface area contributed by atoms with Crippen molar-refractivity contribution in [2.75, 3.05) is 11.1 Å². The Morgan fingerprint density at radius 2 is 2.25 bits per heavy atom. The highest BCUT2D eigenvalue weighted by Crippen LogP contribution is 2.22. The monoisotopic (exact) mass is 288 g/mol. The maximum absolute atomic E-state index is 11.1. The van der Waals surface area contributed by atoms with Crippen molar-refractivity contribution in [1.82, 2.24) is 14.8 Å². The van der Waals surface area contributed by atoms with Gasteiger partial charge in [0.25, 0.3) is 0 Å². The fraction of sp³-hybridized carbons (Fsp3) is 0.214. The van der Waals surface area contributed by atoms with Crippen molar-refractivity contribution in [2.24, 2.45) is 0 Å². The zero-order valence-corrected chi connectivity index (χ0v) is 12.3. The van der Waals surface area contributed by atoms with Crippen LogP contribution < -0.4 is 5.32 Å². The molecule has 0 atom stereocenters. The van der Waals surface area contributed by atoms with Gasteiger partial charge >= 0.3 is 0 Å². The average molecular weight is 288 g/mol. The summed E-state index contributed by atoms with van der Waals surface area (Å²) in [6.45, 7) is 7.34. The number of thioether (sulfide) groups is 1. The first kappa shape index (κ1) is 14.3. The second kappa shape index (κ2) is 6.38. The van der Waals surface area contributed by atoms with Crippen molar-refractivity contribution >= 4 is 23.4 Å². The number of amides is 1. The zero-order valence-electron chi connectivity index (χ0n) is 11.5. The molecule has 0 aliphatic carbocycles. The molecule has 1 N–H and O–H groups in total. The minimum atomic E-state index is -0.0946. The number of benzene rings is 1. The molecular formula is C14H16N4OS. The second-order valence-corrected chi connectivity index (χ2v) is 5.40. The first-order valence-electron chi connectivity index (χ1n) is 6.11. The van der Waals surface area contributed by atoms with E-state index >= 15 is 0 Å². The molecule has 1 heterocycles. The van der Waals surface area contributed by atoms with E-state index in [1.165, 1.54) is 6.92 Å². The third-order valence-electron chi connectivity index (χ3n) is 2.41. The number of anilines is 1. The summed E-state index contributed by atoms with van der Waals surface area (Å²) in [7, 11) is 0. The number of hydrogen-bond donors (Lipinski definition) is 1. The summed E-state index contributed by atoms with van der Waals surface area (Å²) in [6, 6.07) is 7.55. The Bertz CT molecular complexity index is 636. The lowest BCUT2D eigenvalue weighted by Crippen LogP contribution is -2.06. The Labute approximate surface area is 122 Å². The zero-order chi connectivity index (χ0) is 14.5. The first-order valence-corrected chi connectivity index (χ1v) is 7.10. The molecule has 2 aromatic rings. The highest BCUT2D eigenvalue weighted by Gasteiger charge is 2.08. The van der Waals surface area contributed by atoms with Crippen LogP contribution in [0.15, 0.2) is 47.9 Å². The summed E-state index contributed by atoms with van der Waals surface area (Å²) < 4.78 is 1.89. The van der Waals surface area contributed by atoms with E-state index in [2.05, 4.69) is 22.1 Å². The van der Waals surface area contributed by atoms with Crippen molar-refractivity contribution in [1.29, 1.82) is 0 Å². The third-order valence-corrected chi connectivity index (χ3v) is 3.58. The topological polar surface area (TPSA) is 59.8 Å². The van der Waals surface area contributed by atoms with Crippen molar-refractivity contribution in [3.63, 3.8) is 0 Å². The first-order chi connectivity index (χ1) is 9.56. The lowest BCUT2D eigenvalue weighted by molar-refractivity contribution is -0.114. The Hall–Kier alpha value is -2.08. The SMILES string of the molecule is C=C(C)CSc1nncn1-c1cccc(NC(C)=O)c1. The second-order valence-electron chi connectivity index (χ2n) is 4.46. The highest BCUT2D eigenvalue weighted by molar-refractivity contribution is 7.99. The maximum atomic E-state index is 11.1. The molecule has 0 spiro atoms. The van der Waals surface area contributed by atoms with Crippen molar-refractivity contribution in [3.8, 4) is 5.69 Å². The van der Waals surface area contributed by atoms with E-state index in [0.29, 0.717) is 0 Å². The number of rotatable bonds is 5. The molecule has 0 fully saturated rings. The van der Waals surface area contributed by atoms with Crippen LogP contribution in [0.25, 0.3) is 5.69 Å². The van der Waals surface area contributed by atoms with Crippen molar-refractivity contribution in [2.45, 2.75) is 19.0 Å². The summed E-state index contributed by atoms with van der Waals surface area (Å²) in [4.78, 5) is 11.1. The Morgan fingerprint density at radius 3 is 2.95 bits per heavy atom. The number of carbonyl (C=O) groups is 1. The van der Waals surface area contributed by atoms with Gasteiger partial charge in [-0.15, -0.1) is 10.2 Å². The van der Waals surface area contributed by atoms with Crippen LogP contribution >= 0.6 is 11.8 Å². The normalized spacial score (nSPS) is 10.3. The van der Waals surface area contributed by atoms with E-state index in [1.54, 1.807) is 18.1 Å². The predicted octanol–water partition coefficient (Wildman–Crippen LogP) is 2.89. The van der Waals surface area contributed by atoms with Gasteiger partial charge in [-0.25, -0.2) is 0 Å². The van der Waals surface area contributed by atoms with Gasteiger partial charge in [0.05, 0.1) is 5.69 Å². The summed E-state index contributed by atoms with van der Waals surface area (Å²) in [5.74, 6) is 0.701. The molecule has 1 amide bonds. The molecule has 104 valence electrons. The van der Waals surface area contributed by atoms with Crippen LogP contribution in [0.1, 0.15) is 13.8 Å². The molecule has 20 heavy (non-hydrogen) atoms. The van der Waals surface area contributed by atoms with E-state index in [0.717, 1.165) is 27.9 Å². The number of nitrogens with one attached hydrogen (secondary N) is 1. The van der Waals surface area contributed by atoms with E-state index in [4.69, 9.17) is 0 Å². The Kier molecular flexibility index (Phi) is 4.57. The van der Waals surface area contributed by atoms with Crippen LogP contribution in [-0.4, -0.2) is 26.4 Å². The minimum absolute atomic E-state index is 0.0946. The molecule has 2 rings (SSSR count). The molecule has 0 saturated carbocycles. The lowest BCUT2D eigenvalue weighted by Gasteiger charge is -2.08. The molecule has 1 aromatic carbocycles. The molecule has 0 unspecified atom stereocenters. The van der Waals surface area contributed by atoms with Gasteiger partial charge in [0, 0.05) is 18.4 Å². The van der Waals surface area contributed by atoms with Gasteiger partial charge in [-0.1, -0.05) is 30.0 Å². The number of nitrogens with zero attached hydrogens (tertiary/aromatic N) is 3. The predicted molar refractivity (Wildman–Crippen MR) is 81.2 cm³/mol. The van der Waals surface area contributed by atoms with Crippen LogP contribution in [0, 0.1) is 0 Å². The van der Waals surface area contributed by atoms with E-state index in [9.17, 15) is 4.79 Å². The molecular weight excluding hydrogens is 272 g/mol. The van der Waals surface area contributed by atoms with Gasteiger partial charge in [-0.05, 0) is 25.1 Å². The van der Waals surface area contributed by atoms with Gasteiger partial charge in [-0.2, -0.15) is 0 Å². The standard InChI is InChI=1S/C14H16N4OS/c1-10(2)8-20-14-17-15-9-18(14)13-6-4-5-12(7-13)16-11(3)19/h4-7,9H,1,8H2,2-3H3,(H,16,19). The van der Waals surface area contributed by atoms with Crippen molar-refractivity contribution in [3.05, 3.63) is 42.7 Å². The Balaban J connectivity index is 2.25. The molecule has 1 aromatic heterocycles. The third kappa shape index (κ3) is 3.71. The van der Waals surface area contributed by atoms with Gasteiger partial charge in [0.1, 0.15) is 6.33 Å². The van der Waals surface area contributed by atoms with Gasteiger partial charge in [0.2, 0.25) is 5.91 Å². The number of hydrogen-bond acceptors (Lipinski definition) is 4. The average Bonchev–Trinajstić information content (AvgIpc) is 2.84. The van der Waals surface area contributed by atoms with E-state index in [1.807, 2.05) is 35.8 Å². The maximum Gasteiger partial charge on any atom is 0.221 e. The molecule has 0 aliphatic rings. The fourth-order valence-corrected chi connectivity index (χ4v) is 2.40. The number of carbonyl (C=O) groups excluding carboxylic acids is 1. The molecule has 0 saturated heterocycles. The molecule has 0 aliphatic heterocycles. The molecule has 5 nitrogen and oxygen atoms in total. The number of aromatic nitrogens is 3. The lowest BCUT2D eigenvalue weighted by atomic mass is 10.2. The van der Waals surface area contributed by atoms with Crippen LogP contribution in [0.2, 0.25) is 0 Å². The minimum Gasteiger partial charge on any atom is -0.326 e. The Morgan fingerprint density at radius 1 is 1.45 bits per heavy atom. The van der Waals surface area contributed by atoms with Crippen LogP contribution in [0.3, 0.4) is 0 Å². The molecule has 6 heteroatoms. The van der Waals surface area contributed by atoms with E-state index < -0.39 is 0 Å².